The van der Waals surface area contributed by atoms with Gasteiger partial charge >= 0.3 is 5.97 Å². The van der Waals surface area contributed by atoms with Crippen molar-refractivity contribution in [3.63, 3.8) is 0 Å². The monoisotopic (exact) mass is 451 g/mol. The SMILES string of the molecule is COc1cccc2cc([C@@H]3CC(c4cccc(C)c4)=NN3C(=O)CCC(=O)O)c(Cl)nc12. The van der Waals surface area contributed by atoms with Crippen molar-refractivity contribution in [1.82, 2.24) is 9.99 Å². The number of carboxylic acid groups (broad SMARTS) is 1. The van der Waals surface area contributed by atoms with Crippen LogP contribution in [0, 0.1) is 6.92 Å². The third-order valence-corrected chi connectivity index (χ3v) is 5.74. The summed E-state index contributed by atoms with van der Waals surface area (Å²) in [6.45, 7) is 1.99. The number of methoxy groups -OCH3 is 1. The normalized spacial score (nSPS) is 15.7. The number of nitrogens with zero attached hydrogens (tertiary/aromatic N) is 3. The summed E-state index contributed by atoms with van der Waals surface area (Å²) < 4.78 is 5.38. The van der Waals surface area contributed by atoms with E-state index >= 15 is 0 Å². The third kappa shape index (κ3) is 4.29. The first-order valence-electron chi connectivity index (χ1n) is 10.2. The van der Waals surface area contributed by atoms with Gasteiger partial charge in [-0.05, 0) is 24.6 Å². The molecule has 0 bridgehead atoms. The number of pyridine rings is 1. The highest BCUT2D eigenvalue weighted by atomic mass is 35.5. The van der Waals surface area contributed by atoms with Crippen LogP contribution < -0.4 is 4.74 Å². The van der Waals surface area contributed by atoms with Gasteiger partial charge in [0, 0.05) is 23.8 Å². The largest absolute Gasteiger partial charge is 0.494 e. The van der Waals surface area contributed by atoms with E-state index in [0.717, 1.165) is 22.2 Å². The molecule has 7 nitrogen and oxygen atoms in total. The number of hydrogen-bond donors (Lipinski definition) is 1. The zero-order valence-corrected chi connectivity index (χ0v) is 18.5. The van der Waals surface area contributed by atoms with Crippen molar-refractivity contribution in [2.45, 2.75) is 32.2 Å². The molecule has 2 heterocycles. The van der Waals surface area contributed by atoms with Gasteiger partial charge in [0.05, 0.1) is 25.3 Å². The van der Waals surface area contributed by atoms with E-state index in [0.29, 0.717) is 23.3 Å². The Hall–Kier alpha value is -3.45. The molecule has 1 aliphatic heterocycles. The molecule has 4 rings (SSSR count). The molecule has 1 atom stereocenters. The number of ether oxygens (including phenoxy) is 1. The average Bonchev–Trinajstić information content (AvgIpc) is 3.22. The van der Waals surface area contributed by atoms with Crippen LogP contribution in [0.25, 0.3) is 10.9 Å². The summed E-state index contributed by atoms with van der Waals surface area (Å²) in [4.78, 5) is 28.5. The molecule has 32 heavy (non-hydrogen) atoms. The van der Waals surface area contributed by atoms with E-state index < -0.39 is 12.0 Å². The number of hydrazone groups is 1. The van der Waals surface area contributed by atoms with Crippen molar-refractivity contribution in [3.05, 3.63) is 70.4 Å². The van der Waals surface area contributed by atoms with Crippen molar-refractivity contribution in [2.75, 3.05) is 7.11 Å². The minimum absolute atomic E-state index is 0.150. The fourth-order valence-corrected chi connectivity index (χ4v) is 4.14. The van der Waals surface area contributed by atoms with E-state index in [9.17, 15) is 9.59 Å². The van der Waals surface area contributed by atoms with Gasteiger partial charge in [-0.25, -0.2) is 9.99 Å². The number of benzene rings is 2. The lowest BCUT2D eigenvalue weighted by atomic mass is 9.97. The molecule has 0 spiro atoms. The number of carbonyl (C=O) groups is 2. The van der Waals surface area contributed by atoms with Gasteiger partial charge < -0.3 is 9.84 Å². The van der Waals surface area contributed by atoms with Crippen LogP contribution in [0.3, 0.4) is 0 Å². The summed E-state index contributed by atoms with van der Waals surface area (Å²) in [6, 6.07) is 14.9. The number of rotatable bonds is 6. The van der Waals surface area contributed by atoms with Crippen molar-refractivity contribution < 1.29 is 19.4 Å². The molecule has 0 fully saturated rings. The molecule has 1 amide bonds. The molecule has 1 aliphatic rings. The Kier molecular flexibility index (Phi) is 6.10. The number of carboxylic acids is 1. The van der Waals surface area contributed by atoms with Crippen molar-refractivity contribution >= 4 is 40.1 Å². The first-order valence-corrected chi connectivity index (χ1v) is 10.6. The second kappa shape index (κ2) is 8.96. The summed E-state index contributed by atoms with van der Waals surface area (Å²) in [7, 11) is 1.57. The minimum Gasteiger partial charge on any atom is -0.494 e. The Morgan fingerprint density at radius 1 is 1.19 bits per heavy atom. The van der Waals surface area contributed by atoms with E-state index in [1.807, 2.05) is 55.5 Å². The Labute approximate surface area is 190 Å². The van der Waals surface area contributed by atoms with E-state index in [-0.39, 0.29) is 23.9 Å². The van der Waals surface area contributed by atoms with Gasteiger partial charge in [-0.2, -0.15) is 5.10 Å². The number of aromatic nitrogens is 1. The maximum atomic E-state index is 12.9. The Balaban J connectivity index is 1.76. The minimum atomic E-state index is -1.03. The molecule has 1 aromatic heterocycles. The molecule has 0 unspecified atom stereocenters. The predicted octanol–water partition coefficient (Wildman–Crippen LogP) is 4.75. The number of hydrogen-bond acceptors (Lipinski definition) is 5. The van der Waals surface area contributed by atoms with Gasteiger partial charge in [0.2, 0.25) is 5.91 Å². The van der Waals surface area contributed by atoms with Crippen molar-refractivity contribution in [3.8, 4) is 5.75 Å². The van der Waals surface area contributed by atoms with E-state index in [1.165, 1.54) is 5.01 Å². The molecular formula is C24H22ClN3O4. The van der Waals surface area contributed by atoms with Crippen LogP contribution in [-0.4, -0.2) is 39.8 Å². The topological polar surface area (TPSA) is 92.1 Å². The van der Waals surface area contributed by atoms with Crippen LogP contribution in [-0.2, 0) is 9.59 Å². The molecule has 1 N–H and O–H groups in total. The molecule has 3 aromatic rings. The number of para-hydroxylation sites is 1. The molecule has 0 saturated heterocycles. The molecule has 0 radical (unpaired) electrons. The lowest BCUT2D eigenvalue weighted by Gasteiger charge is -2.23. The van der Waals surface area contributed by atoms with Gasteiger partial charge in [0.25, 0.3) is 0 Å². The Bertz CT molecular complexity index is 1240. The maximum absolute atomic E-state index is 12.9. The van der Waals surface area contributed by atoms with Gasteiger partial charge in [-0.1, -0.05) is 53.6 Å². The summed E-state index contributed by atoms with van der Waals surface area (Å²) in [5.74, 6) is -0.801. The molecule has 2 aromatic carbocycles. The van der Waals surface area contributed by atoms with Crippen molar-refractivity contribution in [1.29, 1.82) is 0 Å². The molecule has 8 heteroatoms. The molecule has 164 valence electrons. The van der Waals surface area contributed by atoms with Gasteiger partial charge in [0.1, 0.15) is 16.4 Å². The fraction of sp³-hybridized carbons (Fsp3) is 0.250. The maximum Gasteiger partial charge on any atom is 0.303 e. The van der Waals surface area contributed by atoms with E-state index in [4.69, 9.17) is 21.4 Å². The number of aryl methyl sites for hydroxylation is 1. The van der Waals surface area contributed by atoms with Crippen LogP contribution in [0.4, 0.5) is 0 Å². The van der Waals surface area contributed by atoms with Crippen LogP contribution in [0.5, 0.6) is 5.75 Å². The highest BCUT2D eigenvalue weighted by molar-refractivity contribution is 6.30. The van der Waals surface area contributed by atoms with E-state index in [2.05, 4.69) is 10.1 Å². The first kappa shape index (κ1) is 21.8. The lowest BCUT2D eigenvalue weighted by Crippen LogP contribution is -2.27. The Morgan fingerprint density at radius 2 is 1.97 bits per heavy atom. The average molecular weight is 452 g/mol. The molecular weight excluding hydrogens is 430 g/mol. The number of carbonyl (C=O) groups excluding carboxylic acids is 1. The predicted molar refractivity (Wildman–Crippen MR) is 122 cm³/mol. The smallest absolute Gasteiger partial charge is 0.303 e. The number of aliphatic carboxylic acids is 1. The molecule has 0 saturated carbocycles. The van der Waals surface area contributed by atoms with Crippen molar-refractivity contribution in [2.24, 2.45) is 5.10 Å². The fourth-order valence-electron chi connectivity index (χ4n) is 3.87. The first-order chi connectivity index (χ1) is 15.4. The standard InChI is InChI=1S/C24H22ClN3O4/c1-14-5-3-6-15(11-14)18-13-19(28(27-18)21(29)9-10-22(30)31)17-12-16-7-4-8-20(32-2)23(16)26-24(17)25/h3-8,11-12,19H,9-10,13H2,1-2H3,(H,30,31)/t19-/m0/s1. The van der Waals surface area contributed by atoms with E-state index in [1.54, 1.807) is 7.11 Å². The third-order valence-electron chi connectivity index (χ3n) is 5.44. The highest BCUT2D eigenvalue weighted by Gasteiger charge is 2.35. The highest BCUT2D eigenvalue weighted by Crippen LogP contribution is 2.38. The Morgan fingerprint density at radius 3 is 2.69 bits per heavy atom. The quantitative estimate of drug-likeness (QED) is 0.546. The van der Waals surface area contributed by atoms with Gasteiger partial charge in [0.15, 0.2) is 0 Å². The molecule has 0 aliphatic carbocycles. The summed E-state index contributed by atoms with van der Waals surface area (Å²) in [5.41, 5.74) is 4.02. The van der Waals surface area contributed by atoms with Gasteiger partial charge in [-0.15, -0.1) is 0 Å². The summed E-state index contributed by atoms with van der Waals surface area (Å²) in [6.07, 6.45) is 0.0281. The zero-order valence-electron chi connectivity index (χ0n) is 17.7. The number of fused-ring (bicyclic) bond motifs is 1. The van der Waals surface area contributed by atoms with Crippen LogP contribution in [0.1, 0.15) is 42.0 Å². The van der Waals surface area contributed by atoms with Crippen LogP contribution in [0.2, 0.25) is 5.15 Å². The number of amides is 1. The number of halogens is 1. The summed E-state index contributed by atoms with van der Waals surface area (Å²) in [5, 5.41) is 16.0. The second-order valence-electron chi connectivity index (χ2n) is 7.67. The summed E-state index contributed by atoms with van der Waals surface area (Å²) >= 11 is 6.58. The second-order valence-corrected chi connectivity index (χ2v) is 8.03. The zero-order chi connectivity index (χ0) is 22.8. The van der Waals surface area contributed by atoms with Gasteiger partial charge in [-0.3, -0.25) is 9.59 Å². The van der Waals surface area contributed by atoms with Crippen LogP contribution in [0.15, 0.2) is 53.6 Å². The lowest BCUT2D eigenvalue weighted by molar-refractivity contribution is -0.141. The van der Waals surface area contributed by atoms with Crippen LogP contribution >= 0.6 is 11.6 Å².